The molecule has 21 heavy (non-hydrogen) atoms. The maximum atomic E-state index is 12.1. The molecule has 0 bridgehead atoms. The van der Waals surface area contributed by atoms with Gasteiger partial charge in [0.15, 0.2) is 5.65 Å². The van der Waals surface area contributed by atoms with Gasteiger partial charge in [-0.05, 0) is 31.0 Å². The summed E-state index contributed by atoms with van der Waals surface area (Å²) in [6, 6.07) is 12.0. The molecule has 0 aliphatic rings. The van der Waals surface area contributed by atoms with Crippen LogP contribution in [-0.2, 0) is 11.2 Å². The lowest BCUT2D eigenvalue weighted by Gasteiger charge is -2.07. The summed E-state index contributed by atoms with van der Waals surface area (Å²) < 4.78 is 1.88. The molecule has 2 heterocycles. The van der Waals surface area contributed by atoms with Gasteiger partial charge in [-0.15, -0.1) is 0 Å². The Hall–Kier alpha value is -2.62. The van der Waals surface area contributed by atoms with Gasteiger partial charge >= 0.3 is 0 Å². The number of hydrogen-bond acceptors (Lipinski definition) is 2. The van der Waals surface area contributed by atoms with Crippen molar-refractivity contribution in [2.75, 3.05) is 5.32 Å². The first-order valence-corrected chi connectivity index (χ1v) is 6.99. The van der Waals surface area contributed by atoms with Crippen LogP contribution in [0.15, 0.2) is 55.0 Å². The van der Waals surface area contributed by atoms with Crippen molar-refractivity contribution in [2.24, 2.45) is 0 Å². The molecular weight excluding hydrogens is 262 g/mol. The van der Waals surface area contributed by atoms with Crippen molar-refractivity contribution in [2.45, 2.75) is 19.8 Å². The van der Waals surface area contributed by atoms with Crippen molar-refractivity contribution in [3.05, 3.63) is 66.1 Å². The van der Waals surface area contributed by atoms with Crippen molar-refractivity contribution >= 4 is 17.2 Å². The molecule has 1 aromatic carbocycles. The van der Waals surface area contributed by atoms with Gasteiger partial charge in [-0.3, -0.25) is 4.79 Å². The number of pyridine rings is 1. The lowest BCUT2D eigenvalue weighted by Crippen LogP contribution is -2.13. The summed E-state index contributed by atoms with van der Waals surface area (Å²) in [6.07, 6.45) is 6.69. The number of aromatic nitrogens is 2. The molecule has 0 atom stereocenters. The average Bonchev–Trinajstić information content (AvgIpc) is 2.96. The van der Waals surface area contributed by atoms with Gasteiger partial charge in [-0.2, -0.15) is 0 Å². The van der Waals surface area contributed by atoms with Crippen LogP contribution in [-0.4, -0.2) is 15.3 Å². The zero-order valence-corrected chi connectivity index (χ0v) is 11.9. The maximum Gasteiger partial charge on any atom is 0.224 e. The van der Waals surface area contributed by atoms with Crippen molar-refractivity contribution in [1.29, 1.82) is 0 Å². The summed E-state index contributed by atoms with van der Waals surface area (Å²) in [5.41, 5.74) is 3.92. The van der Waals surface area contributed by atoms with Gasteiger partial charge in [-0.25, -0.2) is 4.98 Å². The highest BCUT2D eigenvalue weighted by Gasteiger charge is 2.07. The fourth-order valence-corrected chi connectivity index (χ4v) is 2.27. The van der Waals surface area contributed by atoms with E-state index in [1.807, 2.05) is 28.9 Å². The molecule has 0 unspecified atom stereocenters. The zero-order valence-electron chi connectivity index (χ0n) is 11.9. The largest absolute Gasteiger partial charge is 0.323 e. The predicted molar refractivity (Wildman–Crippen MR) is 83.3 cm³/mol. The molecule has 0 saturated carbocycles. The Morgan fingerprint density at radius 3 is 2.81 bits per heavy atom. The first-order valence-electron chi connectivity index (χ1n) is 6.99. The average molecular weight is 279 g/mol. The predicted octanol–water partition coefficient (Wildman–Crippen LogP) is 3.21. The normalized spacial score (nSPS) is 10.7. The molecule has 0 spiro atoms. The second-order valence-electron chi connectivity index (χ2n) is 5.11. The van der Waals surface area contributed by atoms with Gasteiger partial charge in [-0.1, -0.05) is 29.8 Å². The standard InChI is InChI=1S/C17H17N3O/c1-13-4-6-14(7-5-13)8-9-16(21)19-15-3-2-11-20-12-10-18-17(15)20/h2-7,10-12H,8-9H2,1H3,(H,19,21). The molecule has 1 N–H and O–H groups in total. The SMILES string of the molecule is Cc1ccc(CCC(=O)Nc2cccn3ccnc23)cc1. The first kappa shape index (κ1) is 13.4. The Bertz CT molecular complexity index is 759. The number of anilines is 1. The van der Waals surface area contributed by atoms with Crippen molar-refractivity contribution in [3.63, 3.8) is 0 Å². The molecule has 3 aromatic rings. The topological polar surface area (TPSA) is 46.4 Å². The lowest BCUT2D eigenvalue weighted by atomic mass is 10.1. The summed E-state index contributed by atoms with van der Waals surface area (Å²) in [4.78, 5) is 16.3. The van der Waals surface area contributed by atoms with Crippen molar-refractivity contribution in [3.8, 4) is 0 Å². The maximum absolute atomic E-state index is 12.1. The summed E-state index contributed by atoms with van der Waals surface area (Å²) in [5.74, 6) is 0.00618. The molecule has 0 fully saturated rings. The minimum absolute atomic E-state index is 0.00618. The van der Waals surface area contributed by atoms with Gasteiger partial charge in [0.05, 0.1) is 5.69 Å². The van der Waals surface area contributed by atoms with Gasteiger partial charge in [0.25, 0.3) is 0 Å². The number of benzene rings is 1. The van der Waals surface area contributed by atoms with E-state index >= 15 is 0 Å². The van der Waals surface area contributed by atoms with E-state index in [2.05, 4.69) is 41.5 Å². The summed E-state index contributed by atoms with van der Waals surface area (Å²) in [6.45, 7) is 2.06. The Morgan fingerprint density at radius 1 is 1.19 bits per heavy atom. The highest BCUT2D eigenvalue weighted by Crippen LogP contribution is 2.15. The third-order valence-corrected chi connectivity index (χ3v) is 3.45. The van der Waals surface area contributed by atoms with Gasteiger partial charge in [0, 0.05) is 25.0 Å². The number of aryl methyl sites for hydroxylation is 2. The fourth-order valence-electron chi connectivity index (χ4n) is 2.27. The number of nitrogens with zero attached hydrogens (tertiary/aromatic N) is 2. The van der Waals surface area contributed by atoms with E-state index in [4.69, 9.17) is 0 Å². The fraction of sp³-hybridized carbons (Fsp3) is 0.176. The van der Waals surface area contributed by atoms with E-state index in [0.29, 0.717) is 6.42 Å². The molecule has 0 saturated heterocycles. The number of fused-ring (bicyclic) bond motifs is 1. The van der Waals surface area contributed by atoms with Gasteiger partial charge in [0.1, 0.15) is 0 Å². The number of amides is 1. The Balaban J connectivity index is 1.64. The second kappa shape index (κ2) is 5.79. The quantitative estimate of drug-likeness (QED) is 0.797. The second-order valence-corrected chi connectivity index (χ2v) is 5.11. The van der Waals surface area contributed by atoms with Gasteiger partial charge in [0.2, 0.25) is 5.91 Å². The molecule has 0 radical (unpaired) electrons. The molecule has 0 aliphatic heterocycles. The van der Waals surface area contributed by atoms with E-state index in [-0.39, 0.29) is 5.91 Å². The van der Waals surface area contributed by atoms with Gasteiger partial charge < -0.3 is 9.72 Å². The van der Waals surface area contributed by atoms with E-state index in [1.54, 1.807) is 6.20 Å². The summed E-state index contributed by atoms with van der Waals surface area (Å²) >= 11 is 0. The number of hydrogen-bond donors (Lipinski definition) is 1. The number of imidazole rings is 1. The minimum Gasteiger partial charge on any atom is -0.323 e. The third-order valence-electron chi connectivity index (χ3n) is 3.45. The van der Waals surface area contributed by atoms with Crippen LogP contribution in [0.3, 0.4) is 0 Å². The molecule has 4 heteroatoms. The van der Waals surface area contributed by atoms with Crippen LogP contribution in [0.2, 0.25) is 0 Å². The van der Waals surface area contributed by atoms with Crippen LogP contribution in [0.1, 0.15) is 17.5 Å². The Labute approximate surface area is 123 Å². The molecule has 1 amide bonds. The van der Waals surface area contributed by atoms with Crippen LogP contribution in [0.4, 0.5) is 5.69 Å². The number of rotatable bonds is 4. The molecular formula is C17H17N3O. The molecule has 106 valence electrons. The monoisotopic (exact) mass is 279 g/mol. The molecule has 3 rings (SSSR count). The minimum atomic E-state index is 0.00618. The Morgan fingerprint density at radius 2 is 2.00 bits per heavy atom. The van der Waals surface area contributed by atoms with Crippen LogP contribution < -0.4 is 5.32 Å². The first-order chi connectivity index (χ1) is 10.2. The van der Waals surface area contributed by atoms with Crippen molar-refractivity contribution in [1.82, 2.24) is 9.38 Å². The summed E-state index contributed by atoms with van der Waals surface area (Å²) in [5, 5.41) is 2.93. The molecule has 0 aliphatic carbocycles. The molecule has 2 aromatic heterocycles. The van der Waals surface area contributed by atoms with Crippen LogP contribution in [0, 0.1) is 6.92 Å². The Kier molecular flexibility index (Phi) is 3.69. The van der Waals surface area contributed by atoms with E-state index in [9.17, 15) is 4.79 Å². The highest BCUT2D eigenvalue weighted by molar-refractivity contribution is 5.94. The third kappa shape index (κ3) is 3.11. The smallest absolute Gasteiger partial charge is 0.224 e. The van der Waals surface area contributed by atoms with E-state index in [1.165, 1.54) is 11.1 Å². The number of nitrogens with one attached hydrogen (secondary N) is 1. The lowest BCUT2D eigenvalue weighted by molar-refractivity contribution is -0.116. The van der Waals surface area contributed by atoms with Crippen LogP contribution in [0.5, 0.6) is 0 Å². The number of carbonyl (C=O) groups excluding carboxylic acids is 1. The van der Waals surface area contributed by atoms with Crippen LogP contribution in [0.25, 0.3) is 5.65 Å². The van der Waals surface area contributed by atoms with E-state index < -0.39 is 0 Å². The summed E-state index contributed by atoms with van der Waals surface area (Å²) in [7, 11) is 0. The highest BCUT2D eigenvalue weighted by atomic mass is 16.1. The molecule has 4 nitrogen and oxygen atoms in total. The van der Waals surface area contributed by atoms with Crippen LogP contribution >= 0.6 is 0 Å². The zero-order chi connectivity index (χ0) is 14.7. The van der Waals surface area contributed by atoms with Crippen molar-refractivity contribution < 1.29 is 4.79 Å². The van der Waals surface area contributed by atoms with E-state index in [0.717, 1.165) is 17.8 Å². The number of carbonyl (C=O) groups is 1.